The van der Waals surface area contributed by atoms with Crippen LogP contribution in [0, 0.1) is 0 Å². The summed E-state index contributed by atoms with van der Waals surface area (Å²) in [5.41, 5.74) is 5.81. The maximum absolute atomic E-state index is 10.8. The van der Waals surface area contributed by atoms with E-state index in [1.165, 1.54) is 11.1 Å². The first-order chi connectivity index (χ1) is 18.5. The van der Waals surface area contributed by atoms with Gasteiger partial charge in [-0.15, -0.1) is 0 Å². The molecule has 0 bridgehead atoms. The molecule has 0 aliphatic carbocycles. The Kier molecular flexibility index (Phi) is 10.9. The van der Waals surface area contributed by atoms with Crippen molar-refractivity contribution in [2.75, 3.05) is 37.6 Å². The Bertz CT molecular complexity index is 1350. The average molecular weight is 554 g/mol. The third-order valence-corrected chi connectivity index (χ3v) is 7.60. The number of aromatic nitrogens is 2. The summed E-state index contributed by atoms with van der Waals surface area (Å²) in [6, 6.07) is 24.9. The number of para-hydroxylation sites is 2. The fourth-order valence-electron chi connectivity index (χ4n) is 5.26. The fourth-order valence-corrected chi connectivity index (χ4v) is 5.39. The maximum atomic E-state index is 10.8. The number of hydrogen-bond acceptors (Lipinski definition) is 4. The minimum Gasteiger partial charge on any atom is -0.481 e. The van der Waals surface area contributed by atoms with Crippen LogP contribution in [0.3, 0.4) is 0 Å². The molecule has 39 heavy (non-hydrogen) atoms. The second-order valence-electron chi connectivity index (χ2n) is 10.1. The molecule has 0 spiro atoms. The summed E-state index contributed by atoms with van der Waals surface area (Å²) >= 11 is 6.12. The molecule has 4 aromatic rings. The Hall–Kier alpha value is -2.35. The number of imidazole rings is 1. The van der Waals surface area contributed by atoms with Crippen LogP contribution in [0.2, 0.25) is 5.02 Å². The van der Waals surface area contributed by atoms with Crippen LogP contribution in [0.1, 0.15) is 36.0 Å². The summed E-state index contributed by atoms with van der Waals surface area (Å²) in [6.07, 6.45) is 3.98. The van der Waals surface area contributed by atoms with Crippen molar-refractivity contribution in [3.63, 3.8) is 0 Å². The number of hydrogen-bond donors (Lipinski definition) is 1. The molecule has 0 atom stereocenters. The van der Waals surface area contributed by atoms with E-state index < -0.39 is 5.97 Å². The van der Waals surface area contributed by atoms with Crippen molar-refractivity contribution in [3.8, 4) is 0 Å². The Morgan fingerprint density at radius 2 is 1.44 bits per heavy atom. The van der Waals surface area contributed by atoms with Crippen molar-refractivity contribution < 1.29 is 39.5 Å². The van der Waals surface area contributed by atoms with Crippen molar-refractivity contribution in [1.82, 2.24) is 14.5 Å². The molecule has 1 aliphatic heterocycles. The van der Waals surface area contributed by atoms with Gasteiger partial charge in [0.05, 0.1) is 17.6 Å². The molecule has 1 N–H and O–H groups in total. The van der Waals surface area contributed by atoms with Crippen LogP contribution >= 0.6 is 11.6 Å². The van der Waals surface area contributed by atoms with Gasteiger partial charge in [0.2, 0.25) is 5.95 Å². The first kappa shape index (κ1) is 29.6. The SMILES string of the molecule is O=C(O)CCc1ccc(CCN2CCCN(c3nc4ccccc4n3Cc3ccc(Cl)cc3)CCC2)cc1.[Na+]. The zero-order chi connectivity index (χ0) is 26.3. The zero-order valence-electron chi connectivity index (χ0n) is 22.7. The summed E-state index contributed by atoms with van der Waals surface area (Å²) in [7, 11) is 0. The quantitative estimate of drug-likeness (QED) is 0.323. The van der Waals surface area contributed by atoms with E-state index in [0.29, 0.717) is 6.42 Å². The Morgan fingerprint density at radius 3 is 2.10 bits per heavy atom. The topological polar surface area (TPSA) is 61.6 Å². The zero-order valence-corrected chi connectivity index (χ0v) is 25.5. The molecule has 0 amide bonds. The molecule has 3 aromatic carbocycles. The van der Waals surface area contributed by atoms with Gasteiger partial charge in [-0.05, 0) is 79.7 Å². The number of fused-ring (bicyclic) bond motifs is 1. The molecule has 0 radical (unpaired) electrons. The molecule has 1 aromatic heterocycles. The second kappa shape index (κ2) is 14.3. The molecule has 0 unspecified atom stereocenters. The van der Waals surface area contributed by atoms with Gasteiger partial charge in [-0.25, -0.2) is 4.98 Å². The van der Waals surface area contributed by atoms with Crippen molar-refractivity contribution in [2.45, 2.75) is 38.6 Å². The Morgan fingerprint density at radius 1 is 0.821 bits per heavy atom. The van der Waals surface area contributed by atoms with E-state index >= 15 is 0 Å². The molecule has 5 rings (SSSR count). The minimum atomic E-state index is -0.747. The van der Waals surface area contributed by atoms with Gasteiger partial charge in [-0.1, -0.05) is 60.1 Å². The first-order valence-electron chi connectivity index (χ1n) is 13.5. The van der Waals surface area contributed by atoms with Crippen LogP contribution < -0.4 is 34.5 Å². The van der Waals surface area contributed by atoms with Crippen LogP contribution in [0.15, 0.2) is 72.8 Å². The molecule has 6 nitrogen and oxygen atoms in total. The first-order valence-corrected chi connectivity index (χ1v) is 13.9. The number of rotatable bonds is 9. The number of halogens is 1. The predicted molar refractivity (Wildman–Crippen MR) is 154 cm³/mol. The van der Waals surface area contributed by atoms with Gasteiger partial charge >= 0.3 is 35.5 Å². The van der Waals surface area contributed by atoms with Gasteiger partial charge in [0, 0.05) is 31.1 Å². The Balaban J connectivity index is 0.00000353. The second-order valence-corrected chi connectivity index (χ2v) is 10.5. The average Bonchev–Trinajstić information content (AvgIpc) is 3.27. The van der Waals surface area contributed by atoms with Gasteiger partial charge in [0.1, 0.15) is 0 Å². The number of aryl methyl sites for hydroxylation is 1. The van der Waals surface area contributed by atoms with E-state index in [1.54, 1.807) is 0 Å². The van der Waals surface area contributed by atoms with Crippen molar-refractivity contribution >= 4 is 34.6 Å². The number of carboxylic acid groups (broad SMARTS) is 1. The molecule has 1 fully saturated rings. The number of carbonyl (C=O) groups is 1. The number of aliphatic carboxylic acids is 1. The van der Waals surface area contributed by atoms with Gasteiger partial charge < -0.3 is 19.5 Å². The fraction of sp³-hybridized carbons (Fsp3) is 0.355. The van der Waals surface area contributed by atoms with Gasteiger partial charge in [0.25, 0.3) is 0 Å². The number of carboxylic acids is 1. The summed E-state index contributed by atoms with van der Waals surface area (Å²) in [6.45, 7) is 5.93. The monoisotopic (exact) mass is 553 g/mol. The summed E-state index contributed by atoms with van der Waals surface area (Å²) in [5.74, 6) is 0.307. The van der Waals surface area contributed by atoms with E-state index in [4.69, 9.17) is 21.7 Å². The normalized spacial score (nSPS) is 14.5. The van der Waals surface area contributed by atoms with Crippen molar-refractivity contribution in [2.24, 2.45) is 0 Å². The molecule has 198 valence electrons. The van der Waals surface area contributed by atoms with Crippen LogP contribution in [0.5, 0.6) is 0 Å². The number of benzene rings is 3. The molecular weight excluding hydrogens is 519 g/mol. The van der Waals surface area contributed by atoms with Crippen LogP contribution in [0.4, 0.5) is 5.95 Å². The molecule has 0 saturated carbocycles. The van der Waals surface area contributed by atoms with E-state index in [2.05, 4.69) is 75.0 Å². The summed E-state index contributed by atoms with van der Waals surface area (Å²) < 4.78 is 2.35. The molecule has 2 heterocycles. The maximum Gasteiger partial charge on any atom is 1.00 e. The standard InChI is InChI=1S/C31H35ClN4O2.Na/c32-27-14-11-26(12-15-27)23-36-29-6-2-1-5-28(29)33-31(36)35-20-3-18-34(19-4-21-35)22-17-25-9-7-24(8-10-25)13-16-30(37)38;/h1-2,5-12,14-15H,3-4,13,16-23H2,(H,37,38);/q;+1. The predicted octanol–water partition coefficient (Wildman–Crippen LogP) is 2.90. The van der Waals surface area contributed by atoms with E-state index in [1.807, 2.05) is 12.1 Å². The summed E-state index contributed by atoms with van der Waals surface area (Å²) in [5, 5.41) is 9.63. The third kappa shape index (κ3) is 8.09. The Labute approximate surface area is 257 Å². The number of nitrogens with zero attached hydrogens (tertiary/aromatic N) is 4. The van der Waals surface area contributed by atoms with Crippen LogP contribution in [-0.2, 0) is 24.2 Å². The minimum absolute atomic E-state index is 0. The largest absolute Gasteiger partial charge is 1.00 e. The van der Waals surface area contributed by atoms with E-state index in [-0.39, 0.29) is 36.0 Å². The smallest absolute Gasteiger partial charge is 0.481 e. The molecule has 8 heteroatoms. The summed E-state index contributed by atoms with van der Waals surface area (Å²) in [4.78, 5) is 20.9. The van der Waals surface area contributed by atoms with E-state index in [9.17, 15) is 4.79 Å². The van der Waals surface area contributed by atoms with Crippen LogP contribution in [0.25, 0.3) is 11.0 Å². The number of anilines is 1. The van der Waals surface area contributed by atoms with Crippen LogP contribution in [-0.4, -0.2) is 58.3 Å². The van der Waals surface area contributed by atoms with Gasteiger partial charge in [-0.3, -0.25) is 4.79 Å². The van der Waals surface area contributed by atoms with Gasteiger partial charge in [-0.2, -0.15) is 0 Å². The molecule has 1 saturated heterocycles. The van der Waals surface area contributed by atoms with Crippen molar-refractivity contribution in [3.05, 3.63) is 94.5 Å². The van der Waals surface area contributed by atoms with Crippen molar-refractivity contribution in [1.29, 1.82) is 0 Å². The third-order valence-electron chi connectivity index (χ3n) is 7.34. The van der Waals surface area contributed by atoms with E-state index in [0.717, 1.165) is 86.1 Å². The molecular formula is C31H35ClN4NaO2+. The molecule has 1 aliphatic rings. The van der Waals surface area contributed by atoms with Gasteiger partial charge in [0.15, 0.2) is 0 Å².